The number of piperazine rings is 1. The molecule has 9 heteroatoms. The van der Waals surface area contributed by atoms with E-state index < -0.39 is 0 Å². The Hall–Kier alpha value is -3.04. The van der Waals surface area contributed by atoms with Crippen molar-refractivity contribution >= 4 is 45.0 Å². The van der Waals surface area contributed by atoms with Crippen LogP contribution in [0, 0.1) is 0 Å². The van der Waals surface area contributed by atoms with Crippen LogP contribution in [0.25, 0.3) is 10.2 Å². The van der Waals surface area contributed by atoms with Crippen LogP contribution in [-0.4, -0.2) is 48.2 Å². The zero-order valence-corrected chi connectivity index (χ0v) is 19.3. The molecule has 1 aliphatic heterocycles. The molecule has 1 N–H and O–H groups in total. The molecular weight excluding hydrogens is 442 g/mol. The highest BCUT2D eigenvalue weighted by atomic mass is 32.2. The zero-order chi connectivity index (χ0) is 21.9. The third-order valence-corrected chi connectivity index (χ3v) is 7.63. The van der Waals surface area contributed by atoms with Crippen molar-refractivity contribution < 1.29 is 4.74 Å². The van der Waals surface area contributed by atoms with Gasteiger partial charge in [-0.2, -0.15) is 0 Å². The van der Waals surface area contributed by atoms with Crippen LogP contribution < -0.4 is 20.1 Å². The lowest BCUT2D eigenvalue weighted by Gasteiger charge is -2.36. The fourth-order valence-electron chi connectivity index (χ4n) is 3.74. The molecule has 0 radical (unpaired) electrons. The maximum atomic E-state index is 12.3. The average Bonchev–Trinajstić information content (AvgIpc) is 3.26. The molecule has 3 heterocycles. The number of fused-ring (bicyclic) bond motifs is 1. The van der Waals surface area contributed by atoms with Crippen LogP contribution in [0.5, 0.6) is 5.75 Å². The predicted octanol–water partition coefficient (Wildman–Crippen LogP) is 4.01. The summed E-state index contributed by atoms with van der Waals surface area (Å²) in [6.07, 6.45) is 0. The Bertz CT molecular complexity index is 1230. The summed E-state index contributed by atoms with van der Waals surface area (Å²) in [5.74, 6) is 2.12. The number of methoxy groups -OCH3 is 1. The number of nitrogens with one attached hydrogen (secondary N) is 1. The molecule has 2 aromatic carbocycles. The molecule has 0 bridgehead atoms. The Morgan fingerprint density at radius 2 is 1.78 bits per heavy atom. The van der Waals surface area contributed by atoms with Crippen molar-refractivity contribution in [2.75, 3.05) is 43.1 Å². The number of benzene rings is 2. The Morgan fingerprint density at radius 1 is 1.03 bits per heavy atom. The number of rotatable bonds is 6. The number of H-pyrrole nitrogens is 1. The predicted molar refractivity (Wildman–Crippen MR) is 131 cm³/mol. The maximum Gasteiger partial charge on any atom is 0.252 e. The maximum absolute atomic E-state index is 12.3. The van der Waals surface area contributed by atoms with Crippen LogP contribution in [0.4, 0.5) is 11.6 Å². The van der Waals surface area contributed by atoms with E-state index in [2.05, 4.69) is 38.0 Å². The molecule has 32 heavy (non-hydrogen) atoms. The van der Waals surface area contributed by atoms with E-state index in [-0.39, 0.29) is 5.56 Å². The fraction of sp³-hybridized carbons (Fsp3) is 0.261. The SMILES string of the molecule is COc1ccc(N2CCN(c3nc(CSc4nc5ccccc5s4)cc(=O)[nH]3)CC2)cc1. The molecule has 0 aliphatic carbocycles. The van der Waals surface area contributed by atoms with Gasteiger partial charge >= 0.3 is 0 Å². The van der Waals surface area contributed by atoms with Crippen LogP contribution in [0.15, 0.2) is 63.7 Å². The smallest absolute Gasteiger partial charge is 0.252 e. The second-order valence-electron chi connectivity index (χ2n) is 7.47. The van der Waals surface area contributed by atoms with Crippen LogP contribution in [0.1, 0.15) is 5.69 Å². The standard InChI is InChI=1S/C23H23N5O2S2/c1-30-18-8-6-17(7-9-18)27-10-12-28(13-11-27)22-24-16(14-21(29)26-22)15-31-23-25-19-4-2-3-5-20(19)32-23/h2-9,14H,10-13,15H2,1H3,(H,24,26,29). The largest absolute Gasteiger partial charge is 0.497 e. The molecular formula is C23H23N5O2S2. The highest BCUT2D eigenvalue weighted by molar-refractivity contribution is 8.00. The summed E-state index contributed by atoms with van der Waals surface area (Å²) in [7, 11) is 1.67. The Labute approximate surface area is 194 Å². The molecule has 1 fully saturated rings. The Balaban J connectivity index is 1.24. The lowest BCUT2D eigenvalue weighted by Crippen LogP contribution is -2.47. The van der Waals surface area contributed by atoms with Crippen molar-refractivity contribution in [3.63, 3.8) is 0 Å². The highest BCUT2D eigenvalue weighted by Crippen LogP contribution is 2.31. The Morgan fingerprint density at radius 3 is 2.53 bits per heavy atom. The minimum atomic E-state index is -0.118. The number of anilines is 2. The summed E-state index contributed by atoms with van der Waals surface area (Å²) in [5.41, 5.74) is 2.83. The molecule has 0 saturated carbocycles. The van der Waals surface area contributed by atoms with Gasteiger partial charge in [-0.1, -0.05) is 23.9 Å². The molecule has 7 nitrogen and oxygen atoms in total. The van der Waals surface area contributed by atoms with Gasteiger partial charge in [0.15, 0.2) is 4.34 Å². The lowest BCUT2D eigenvalue weighted by atomic mass is 10.2. The van der Waals surface area contributed by atoms with Crippen molar-refractivity contribution in [3.8, 4) is 5.75 Å². The molecule has 2 aromatic heterocycles. The van der Waals surface area contributed by atoms with Crippen molar-refractivity contribution in [2.24, 2.45) is 0 Å². The number of para-hydroxylation sites is 1. The first-order valence-corrected chi connectivity index (χ1v) is 12.2. The minimum absolute atomic E-state index is 0.118. The topological polar surface area (TPSA) is 74.3 Å². The zero-order valence-electron chi connectivity index (χ0n) is 17.7. The molecule has 4 aromatic rings. The second-order valence-corrected chi connectivity index (χ2v) is 9.72. The molecule has 5 rings (SSSR count). The first-order valence-electron chi connectivity index (χ1n) is 10.4. The Kier molecular flexibility index (Phi) is 6.00. The van der Waals surface area contributed by atoms with E-state index in [1.807, 2.05) is 30.3 Å². The lowest BCUT2D eigenvalue weighted by molar-refractivity contribution is 0.415. The molecule has 0 unspecified atom stereocenters. The van der Waals surface area contributed by atoms with Gasteiger partial charge in [0.05, 0.1) is 23.0 Å². The van der Waals surface area contributed by atoms with E-state index in [0.717, 1.165) is 47.5 Å². The van der Waals surface area contributed by atoms with Gasteiger partial charge in [0, 0.05) is 43.7 Å². The number of hydrogen-bond donors (Lipinski definition) is 1. The summed E-state index contributed by atoms with van der Waals surface area (Å²) in [5, 5.41) is 0. The van der Waals surface area contributed by atoms with Crippen LogP contribution in [0.2, 0.25) is 0 Å². The third-order valence-electron chi connectivity index (χ3n) is 5.42. The summed E-state index contributed by atoms with van der Waals surface area (Å²) in [4.78, 5) is 29.1. The van der Waals surface area contributed by atoms with Gasteiger partial charge in [-0.3, -0.25) is 9.78 Å². The number of thiazole rings is 1. The molecule has 164 valence electrons. The van der Waals surface area contributed by atoms with E-state index >= 15 is 0 Å². The number of aromatic amines is 1. The minimum Gasteiger partial charge on any atom is -0.497 e. The second kappa shape index (κ2) is 9.22. The van der Waals surface area contributed by atoms with Crippen molar-refractivity contribution in [1.29, 1.82) is 0 Å². The monoisotopic (exact) mass is 465 g/mol. The molecule has 1 aliphatic rings. The van der Waals surface area contributed by atoms with E-state index in [1.165, 1.54) is 10.4 Å². The molecule has 0 amide bonds. The fourth-order valence-corrected chi connectivity index (χ4v) is 5.70. The normalized spacial score (nSPS) is 14.2. The van der Waals surface area contributed by atoms with Crippen LogP contribution in [-0.2, 0) is 5.75 Å². The van der Waals surface area contributed by atoms with E-state index in [4.69, 9.17) is 9.72 Å². The number of ether oxygens (including phenoxy) is 1. The van der Waals surface area contributed by atoms with Gasteiger partial charge < -0.3 is 14.5 Å². The quantitative estimate of drug-likeness (QED) is 0.431. The van der Waals surface area contributed by atoms with Crippen molar-refractivity contribution in [2.45, 2.75) is 10.1 Å². The first kappa shape index (κ1) is 20.8. The van der Waals surface area contributed by atoms with Crippen molar-refractivity contribution in [3.05, 3.63) is 70.6 Å². The number of aromatic nitrogens is 3. The van der Waals surface area contributed by atoms with Gasteiger partial charge in [0.25, 0.3) is 5.56 Å². The summed E-state index contributed by atoms with van der Waals surface area (Å²) >= 11 is 3.29. The van der Waals surface area contributed by atoms with Gasteiger partial charge in [-0.05, 0) is 36.4 Å². The van der Waals surface area contributed by atoms with Crippen LogP contribution >= 0.6 is 23.1 Å². The van der Waals surface area contributed by atoms with E-state index in [1.54, 1.807) is 36.3 Å². The number of thioether (sulfide) groups is 1. The highest BCUT2D eigenvalue weighted by Gasteiger charge is 2.20. The van der Waals surface area contributed by atoms with E-state index in [0.29, 0.717) is 11.7 Å². The van der Waals surface area contributed by atoms with Gasteiger partial charge in [-0.15, -0.1) is 11.3 Å². The summed E-state index contributed by atoms with van der Waals surface area (Å²) < 4.78 is 7.40. The van der Waals surface area contributed by atoms with E-state index in [9.17, 15) is 4.79 Å². The molecule has 0 spiro atoms. The van der Waals surface area contributed by atoms with Gasteiger partial charge in [-0.25, -0.2) is 9.97 Å². The summed E-state index contributed by atoms with van der Waals surface area (Å²) in [6, 6.07) is 17.8. The third kappa shape index (κ3) is 4.58. The number of hydrogen-bond acceptors (Lipinski definition) is 8. The molecule has 1 saturated heterocycles. The molecule has 0 atom stereocenters. The number of nitrogens with zero attached hydrogens (tertiary/aromatic N) is 4. The van der Waals surface area contributed by atoms with Crippen molar-refractivity contribution in [1.82, 2.24) is 15.0 Å². The average molecular weight is 466 g/mol. The first-order chi connectivity index (χ1) is 15.7. The van der Waals surface area contributed by atoms with Crippen LogP contribution in [0.3, 0.4) is 0 Å². The summed E-state index contributed by atoms with van der Waals surface area (Å²) in [6.45, 7) is 3.31. The van der Waals surface area contributed by atoms with Gasteiger partial charge in [0.2, 0.25) is 5.95 Å². The van der Waals surface area contributed by atoms with Gasteiger partial charge in [0.1, 0.15) is 5.75 Å².